The summed E-state index contributed by atoms with van der Waals surface area (Å²) in [6.45, 7) is 14.4. The van der Waals surface area contributed by atoms with Crippen LogP contribution in [0.4, 0.5) is 0 Å². The van der Waals surface area contributed by atoms with E-state index < -0.39 is 0 Å². The molecule has 0 aromatic carbocycles. The normalized spacial score (nSPS) is 30.5. The highest BCUT2D eigenvalue weighted by molar-refractivity contribution is 4.98. The highest BCUT2D eigenvalue weighted by atomic mass is 15.2. The van der Waals surface area contributed by atoms with E-state index in [1.54, 1.807) is 0 Å². The first-order valence-electron chi connectivity index (χ1n) is 7.79. The first-order valence-corrected chi connectivity index (χ1v) is 7.79. The molecule has 0 aromatic heterocycles. The second kappa shape index (κ2) is 5.13. The Morgan fingerprint density at radius 2 is 1.72 bits per heavy atom. The predicted octanol–water partition coefficient (Wildman–Crippen LogP) is 3.42. The fraction of sp³-hybridized carbons (Fsp3) is 1.00. The molecule has 2 unspecified atom stereocenters. The summed E-state index contributed by atoms with van der Waals surface area (Å²) in [6, 6.07) is 1.54. The predicted molar refractivity (Wildman–Crippen MR) is 78.9 cm³/mol. The molecular formula is C16H32N2. The first kappa shape index (κ1) is 14.3. The molecule has 2 heterocycles. The van der Waals surface area contributed by atoms with E-state index >= 15 is 0 Å². The second-order valence-corrected chi connectivity index (χ2v) is 8.26. The number of nitrogens with one attached hydrogen (secondary N) is 1. The zero-order valence-corrected chi connectivity index (χ0v) is 13.1. The average molecular weight is 252 g/mol. The molecule has 2 fully saturated rings. The van der Waals surface area contributed by atoms with Crippen LogP contribution in [0.15, 0.2) is 0 Å². The Hall–Kier alpha value is -0.0800. The van der Waals surface area contributed by atoms with E-state index in [1.807, 2.05) is 0 Å². The van der Waals surface area contributed by atoms with Gasteiger partial charge in [-0.2, -0.15) is 0 Å². The molecule has 0 saturated carbocycles. The summed E-state index contributed by atoms with van der Waals surface area (Å²) in [5.41, 5.74) is 0.664. The van der Waals surface area contributed by atoms with Crippen molar-refractivity contribution in [1.82, 2.24) is 10.2 Å². The number of fused-ring (bicyclic) bond motifs is 1. The average Bonchev–Trinajstić information content (AvgIpc) is 2.57. The highest BCUT2D eigenvalue weighted by Crippen LogP contribution is 2.31. The van der Waals surface area contributed by atoms with E-state index in [0.717, 1.165) is 12.1 Å². The van der Waals surface area contributed by atoms with Crippen molar-refractivity contribution < 1.29 is 0 Å². The van der Waals surface area contributed by atoms with Crippen molar-refractivity contribution in [3.63, 3.8) is 0 Å². The third-order valence-corrected chi connectivity index (χ3v) is 4.40. The Morgan fingerprint density at radius 3 is 2.39 bits per heavy atom. The van der Waals surface area contributed by atoms with Crippen LogP contribution in [-0.2, 0) is 0 Å². The summed E-state index contributed by atoms with van der Waals surface area (Å²) < 4.78 is 0. The molecule has 2 saturated heterocycles. The molecule has 2 rings (SSSR count). The summed E-state index contributed by atoms with van der Waals surface area (Å²) in [4.78, 5) is 2.72. The van der Waals surface area contributed by atoms with Crippen molar-refractivity contribution in [1.29, 1.82) is 0 Å². The molecule has 0 spiro atoms. The molecule has 2 atom stereocenters. The first-order chi connectivity index (χ1) is 8.27. The van der Waals surface area contributed by atoms with Gasteiger partial charge in [0, 0.05) is 24.2 Å². The Balaban J connectivity index is 1.92. The van der Waals surface area contributed by atoms with E-state index in [2.05, 4.69) is 44.8 Å². The van der Waals surface area contributed by atoms with E-state index in [9.17, 15) is 0 Å². The van der Waals surface area contributed by atoms with Crippen molar-refractivity contribution in [3.05, 3.63) is 0 Å². The highest BCUT2D eigenvalue weighted by Gasteiger charge is 2.38. The topological polar surface area (TPSA) is 15.3 Å². The molecule has 2 nitrogen and oxygen atoms in total. The number of hydrogen-bond donors (Lipinski definition) is 1. The number of nitrogens with zero attached hydrogens (tertiary/aromatic N) is 1. The summed E-state index contributed by atoms with van der Waals surface area (Å²) in [6.07, 6.45) is 6.83. The zero-order chi connectivity index (χ0) is 13.4. The van der Waals surface area contributed by atoms with Crippen LogP contribution in [0.1, 0.15) is 66.7 Å². The molecule has 2 heteroatoms. The largest absolute Gasteiger partial charge is 0.307 e. The molecule has 1 N–H and O–H groups in total. The Kier molecular flexibility index (Phi) is 4.08. The lowest BCUT2D eigenvalue weighted by atomic mass is 9.81. The van der Waals surface area contributed by atoms with Crippen LogP contribution in [0.5, 0.6) is 0 Å². The standard InChI is InChI=1S/C16H32N2/c1-15(2,3)12-16(4,5)17-13-9-11-18-10-7-6-8-14(13)18/h13-14,17H,6-12H2,1-5H3. The maximum absolute atomic E-state index is 3.97. The smallest absolute Gasteiger partial charge is 0.0250 e. The monoisotopic (exact) mass is 252 g/mol. The summed E-state index contributed by atoms with van der Waals surface area (Å²) >= 11 is 0. The molecule has 0 aromatic rings. The Labute approximate surface area is 114 Å². The van der Waals surface area contributed by atoms with Gasteiger partial charge in [0.05, 0.1) is 0 Å². The number of rotatable bonds is 3. The Morgan fingerprint density at radius 1 is 1.00 bits per heavy atom. The van der Waals surface area contributed by atoms with E-state index in [4.69, 9.17) is 0 Å². The van der Waals surface area contributed by atoms with E-state index in [-0.39, 0.29) is 5.54 Å². The van der Waals surface area contributed by atoms with Crippen LogP contribution in [0.25, 0.3) is 0 Å². The van der Waals surface area contributed by atoms with Crippen LogP contribution in [0.2, 0.25) is 0 Å². The fourth-order valence-corrected chi connectivity index (χ4v) is 4.29. The van der Waals surface area contributed by atoms with Gasteiger partial charge in [0.15, 0.2) is 0 Å². The molecule has 0 radical (unpaired) electrons. The quantitative estimate of drug-likeness (QED) is 0.828. The SMILES string of the molecule is CC(C)(C)CC(C)(C)NC1CCN2CCCCC12. The molecule has 2 aliphatic heterocycles. The number of piperidine rings is 1. The third-order valence-electron chi connectivity index (χ3n) is 4.40. The molecule has 0 bridgehead atoms. The van der Waals surface area contributed by atoms with Gasteiger partial charge < -0.3 is 5.32 Å². The summed E-state index contributed by atoms with van der Waals surface area (Å²) in [5.74, 6) is 0. The fourth-order valence-electron chi connectivity index (χ4n) is 4.29. The van der Waals surface area contributed by atoms with Crippen LogP contribution in [-0.4, -0.2) is 35.6 Å². The van der Waals surface area contributed by atoms with Gasteiger partial charge in [-0.3, -0.25) is 4.90 Å². The molecule has 2 aliphatic rings. The van der Waals surface area contributed by atoms with Gasteiger partial charge in [0.2, 0.25) is 0 Å². The molecular weight excluding hydrogens is 220 g/mol. The van der Waals surface area contributed by atoms with Gasteiger partial charge in [-0.05, 0) is 51.5 Å². The van der Waals surface area contributed by atoms with Crippen LogP contribution in [0, 0.1) is 5.41 Å². The molecule has 18 heavy (non-hydrogen) atoms. The van der Waals surface area contributed by atoms with Crippen molar-refractivity contribution >= 4 is 0 Å². The summed E-state index contributed by atoms with van der Waals surface area (Å²) in [7, 11) is 0. The second-order valence-electron chi connectivity index (χ2n) is 8.26. The lowest BCUT2D eigenvalue weighted by Gasteiger charge is -2.39. The number of hydrogen-bond acceptors (Lipinski definition) is 2. The zero-order valence-electron chi connectivity index (χ0n) is 13.1. The van der Waals surface area contributed by atoms with Gasteiger partial charge in [-0.25, -0.2) is 0 Å². The van der Waals surface area contributed by atoms with E-state index in [1.165, 1.54) is 45.2 Å². The van der Waals surface area contributed by atoms with Crippen LogP contribution in [0.3, 0.4) is 0 Å². The van der Waals surface area contributed by atoms with Gasteiger partial charge in [0.25, 0.3) is 0 Å². The Bertz CT molecular complexity index is 277. The van der Waals surface area contributed by atoms with Crippen molar-refractivity contribution in [2.75, 3.05) is 13.1 Å². The van der Waals surface area contributed by atoms with Gasteiger partial charge in [0.1, 0.15) is 0 Å². The molecule has 0 aliphatic carbocycles. The van der Waals surface area contributed by atoms with Gasteiger partial charge >= 0.3 is 0 Å². The van der Waals surface area contributed by atoms with Crippen molar-refractivity contribution in [2.24, 2.45) is 5.41 Å². The minimum absolute atomic E-state index is 0.260. The lowest BCUT2D eigenvalue weighted by Crippen LogP contribution is -2.53. The lowest BCUT2D eigenvalue weighted by molar-refractivity contribution is 0.155. The van der Waals surface area contributed by atoms with Gasteiger partial charge in [-0.1, -0.05) is 27.2 Å². The van der Waals surface area contributed by atoms with Crippen LogP contribution >= 0.6 is 0 Å². The van der Waals surface area contributed by atoms with Gasteiger partial charge in [-0.15, -0.1) is 0 Å². The van der Waals surface area contributed by atoms with Crippen LogP contribution < -0.4 is 5.32 Å². The van der Waals surface area contributed by atoms with Crippen molar-refractivity contribution in [2.45, 2.75) is 84.3 Å². The minimum Gasteiger partial charge on any atom is -0.307 e. The third kappa shape index (κ3) is 3.71. The van der Waals surface area contributed by atoms with Crippen molar-refractivity contribution in [3.8, 4) is 0 Å². The molecule has 0 amide bonds. The maximum Gasteiger partial charge on any atom is 0.0250 e. The summed E-state index contributed by atoms with van der Waals surface area (Å²) in [5, 5.41) is 3.97. The van der Waals surface area contributed by atoms with E-state index in [0.29, 0.717) is 5.41 Å². The molecule has 106 valence electrons. The minimum atomic E-state index is 0.260. The maximum atomic E-state index is 3.97.